The molecule has 0 fully saturated rings. The van der Waals surface area contributed by atoms with Gasteiger partial charge in [-0.2, -0.15) is 0 Å². The number of hydrogen-bond acceptors (Lipinski definition) is 4. The summed E-state index contributed by atoms with van der Waals surface area (Å²) in [7, 11) is 0. The molecule has 8 nitrogen and oxygen atoms in total. The average Bonchev–Trinajstić information content (AvgIpc) is 3.32. The number of ether oxygens (including phenoxy) is 1. The Morgan fingerprint density at radius 3 is 2.43 bits per heavy atom. The molecule has 3 aromatic rings. The van der Waals surface area contributed by atoms with E-state index in [0.717, 1.165) is 5.56 Å². The van der Waals surface area contributed by atoms with Gasteiger partial charge in [0.25, 0.3) is 5.91 Å². The molecule has 0 spiro atoms. The standard InChI is InChI=1S/C33H35FN4O4/c1-4-37-28-20-38(27(17-21(2)3)31(39)35-19-22-13-15-24(34)16-14-22)32(40)29(28)30(36-33(37)41)23-9-8-12-26(18-23)42-25-10-6-5-7-11-25/h5-16,18,21,27,30H,4,17,19-20H2,1-3H3,(H,35,39)(H,36,41)/t27-,30+/m0/s1. The maximum atomic E-state index is 14.1. The van der Waals surface area contributed by atoms with E-state index >= 15 is 0 Å². The molecule has 0 bridgehead atoms. The summed E-state index contributed by atoms with van der Waals surface area (Å²) >= 11 is 0. The SMILES string of the molecule is CCN1C(=O)N[C@H](c2cccc(Oc3ccccc3)c2)C2=C1CN([C@@H](CC(C)C)C(=O)NCc1ccc(F)cc1)C2=O. The predicted molar refractivity (Wildman–Crippen MR) is 157 cm³/mol. The zero-order chi connectivity index (χ0) is 29.8. The van der Waals surface area contributed by atoms with Gasteiger partial charge in [0.1, 0.15) is 23.4 Å². The number of carbonyl (C=O) groups is 3. The van der Waals surface area contributed by atoms with Crippen LogP contribution >= 0.6 is 0 Å². The highest BCUT2D eigenvalue weighted by atomic mass is 19.1. The number of likely N-dealkylation sites (N-methyl/N-ethyl adjacent to an activating group) is 1. The van der Waals surface area contributed by atoms with Crippen LogP contribution in [-0.4, -0.2) is 46.8 Å². The van der Waals surface area contributed by atoms with E-state index in [1.165, 1.54) is 12.1 Å². The Morgan fingerprint density at radius 2 is 1.74 bits per heavy atom. The second-order valence-corrected chi connectivity index (χ2v) is 10.9. The highest BCUT2D eigenvalue weighted by Gasteiger charge is 2.46. The molecular weight excluding hydrogens is 535 g/mol. The van der Waals surface area contributed by atoms with Crippen molar-refractivity contribution in [2.24, 2.45) is 5.92 Å². The van der Waals surface area contributed by atoms with Gasteiger partial charge in [-0.05, 0) is 66.8 Å². The molecule has 2 aliphatic heterocycles. The third kappa shape index (κ3) is 6.15. The average molecular weight is 571 g/mol. The van der Waals surface area contributed by atoms with Crippen molar-refractivity contribution in [1.82, 2.24) is 20.4 Å². The highest BCUT2D eigenvalue weighted by molar-refractivity contribution is 6.03. The Labute approximate surface area is 245 Å². The first-order valence-corrected chi connectivity index (χ1v) is 14.2. The van der Waals surface area contributed by atoms with Gasteiger partial charge in [-0.15, -0.1) is 0 Å². The van der Waals surface area contributed by atoms with E-state index in [1.54, 1.807) is 21.9 Å². The normalized spacial score (nSPS) is 17.3. The second-order valence-electron chi connectivity index (χ2n) is 10.9. The topological polar surface area (TPSA) is 91.0 Å². The monoisotopic (exact) mass is 570 g/mol. The van der Waals surface area contributed by atoms with E-state index in [-0.39, 0.29) is 42.7 Å². The summed E-state index contributed by atoms with van der Waals surface area (Å²) in [5.74, 6) is 0.446. The number of halogens is 1. The number of urea groups is 1. The van der Waals surface area contributed by atoms with Gasteiger partial charge in [0.05, 0.1) is 23.9 Å². The van der Waals surface area contributed by atoms with Gasteiger partial charge in [0.2, 0.25) is 5.91 Å². The van der Waals surface area contributed by atoms with E-state index in [9.17, 15) is 18.8 Å². The number of nitrogens with zero attached hydrogens (tertiary/aromatic N) is 2. The lowest BCUT2D eigenvalue weighted by molar-refractivity contribution is -0.137. The molecule has 2 atom stereocenters. The van der Waals surface area contributed by atoms with Gasteiger partial charge >= 0.3 is 6.03 Å². The van der Waals surface area contributed by atoms with Crippen molar-refractivity contribution in [2.75, 3.05) is 13.1 Å². The number of nitrogens with one attached hydrogen (secondary N) is 2. The van der Waals surface area contributed by atoms with Crippen LogP contribution in [-0.2, 0) is 16.1 Å². The minimum Gasteiger partial charge on any atom is -0.457 e. The second kappa shape index (κ2) is 12.5. The number of benzene rings is 3. The Hall–Kier alpha value is -4.66. The Balaban J connectivity index is 1.42. The summed E-state index contributed by atoms with van der Waals surface area (Å²) < 4.78 is 19.4. The molecule has 0 aliphatic carbocycles. The molecule has 0 unspecified atom stereocenters. The Bertz CT molecular complexity index is 1490. The highest BCUT2D eigenvalue weighted by Crippen LogP contribution is 2.38. The maximum Gasteiger partial charge on any atom is 0.322 e. The number of carbonyl (C=O) groups excluding carboxylic acids is 3. The fourth-order valence-corrected chi connectivity index (χ4v) is 5.46. The molecule has 3 aromatic carbocycles. The summed E-state index contributed by atoms with van der Waals surface area (Å²) in [6, 6.07) is 20.9. The zero-order valence-electron chi connectivity index (χ0n) is 24.0. The van der Waals surface area contributed by atoms with Crippen LogP contribution in [0, 0.1) is 11.7 Å². The molecule has 5 rings (SSSR count). The van der Waals surface area contributed by atoms with Crippen LogP contribution in [0.15, 0.2) is 90.1 Å². The van der Waals surface area contributed by atoms with E-state index < -0.39 is 12.1 Å². The molecule has 4 amide bonds. The van der Waals surface area contributed by atoms with Gasteiger partial charge in [0.15, 0.2) is 0 Å². The van der Waals surface area contributed by atoms with Gasteiger partial charge < -0.3 is 20.3 Å². The van der Waals surface area contributed by atoms with Crippen LogP contribution in [0.4, 0.5) is 9.18 Å². The van der Waals surface area contributed by atoms with E-state index in [0.29, 0.717) is 41.3 Å². The Morgan fingerprint density at radius 1 is 1.02 bits per heavy atom. The largest absolute Gasteiger partial charge is 0.457 e. The minimum atomic E-state index is -0.745. The number of amides is 4. The zero-order valence-corrected chi connectivity index (χ0v) is 24.0. The van der Waals surface area contributed by atoms with Crippen molar-refractivity contribution in [1.29, 1.82) is 0 Å². The molecule has 0 saturated heterocycles. The molecule has 218 valence electrons. The Kier molecular flexibility index (Phi) is 8.56. The molecule has 0 saturated carbocycles. The van der Waals surface area contributed by atoms with Crippen molar-refractivity contribution in [3.05, 3.63) is 107 Å². The van der Waals surface area contributed by atoms with Gasteiger partial charge in [-0.3, -0.25) is 14.5 Å². The fourth-order valence-electron chi connectivity index (χ4n) is 5.46. The van der Waals surface area contributed by atoms with Crippen LogP contribution in [0.3, 0.4) is 0 Å². The van der Waals surface area contributed by atoms with Crippen LogP contribution in [0.2, 0.25) is 0 Å². The van der Waals surface area contributed by atoms with Crippen LogP contribution in [0.5, 0.6) is 11.5 Å². The third-order valence-corrected chi connectivity index (χ3v) is 7.49. The molecular formula is C33H35FN4O4. The van der Waals surface area contributed by atoms with Crippen molar-refractivity contribution >= 4 is 17.8 Å². The lowest BCUT2D eigenvalue weighted by Gasteiger charge is -2.33. The summed E-state index contributed by atoms with van der Waals surface area (Å²) in [4.78, 5) is 44.0. The molecule has 0 aromatic heterocycles. The van der Waals surface area contributed by atoms with Gasteiger partial charge in [-0.25, -0.2) is 9.18 Å². The molecule has 42 heavy (non-hydrogen) atoms. The summed E-state index contributed by atoms with van der Waals surface area (Å²) in [6.07, 6.45) is 0.445. The van der Waals surface area contributed by atoms with Gasteiger partial charge in [-0.1, -0.05) is 56.3 Å². The fraction of sp³-hybridized carbons (Fsp3) is 0.303. The van der Waals surface area contributed by atoms with Gasteiger partial charge in [0, 0.05) is 13.1 Å². The first-order chi connectivity index (χ1) is 20.2. The molecule has 0 radical (unpaired) electrons. The van der Waals surface area contributed by atoms with Crippen molar-refractivity contribution < 1.29 is 23.5 Å². The van der Waals surface area contributed by atoms with E-state index in [1.807, 2.05) is 75.4 Å². The molecule has 2 aliphatic rings. The van der Waals surface area contributed by atoms with Crippen LogP contribution in [0.1, 0.15) is 44.4 Å². The lowest BCUT2D eigenvalue weighted by Crippen LogP contribution is -2.49. The van der Waals surface area contributed by atoms with Crippen LogP contribution < -0.4 is 15.4 Å². The maximum absolute atomic E-state index is 14.1. The molecule has 2 N–H and O–H groups in total. The molecule has 9 heteroatoms. The van der Waals surface area contributed by atoms with Crippen molar-refractivity contribution in [2.45, 2.75) is 45.8 Å². The first kappa shape index (κ1) is 28.9. The number of hydrogen-bond donors (Lipinski definition) is 2. The predicted octanol–water partition coefficient (Wildman–Crippen LogP) is 5.53. The van der Waals surface area contributed by atoms with E-state index in [4.69, 9.17) is 4.74 Å². The summed E-state index contributed by atoms with van der Waals surface area (Å²) in [5, 5.41) is 5.93. The summed E-state index contributed by atoms with van der Waals surface area (Å²) in [6.45, 7) is 6.58. The lowest BCUT2D eigenvalue weighted by atomic mass is 9.95. The summed E-state index contributed by atoms with van der Waals surface area (Å²) in [5.41, 5.74) is 2.51. The first-order valence-electron chi connectivity index (χ1n) is 14.2. The van der Waals surface area contributed by atoms with Crippen molar-refractivity contribution in [3.8, 4) is 11.5 Å². The minimum absolute atomic E-state index is 0.127. The number of para-hydroxylation sites is 1. The molecule has 2 heterocycles. The number of rotatable bonds is 10. The quantitative estimate of drug-likeness (QED) is 0.335. The van der Waals surface area contributed by atoms with Crippen LogP contribution in [0.25, 0.3) is 0 Å². The van der Waals surface area contributed by atoms with E-state index in [2.05, 4.69) is 10.6 Å². The van der Waals surface area contributed by atoms with Crippen molar-refractivity contribution in [3.63, 3.8) is 0 Å². The third-order valence-electron chi connectivity index (χ3n) is 7.49. The smallest absolute Gasteiger partial charge is 0.322 e.